The van der Waals surface area contributed by atoms with Gasteiger partial charge in [-0.3, -0.25) is 19.9 Å². The molecule has 2 heterocycles. The monoisotopic (exact) mass is 424 g/mol. The fourth-order valence-electron chi connectivity index (χ4n) is 3.40. The van der Waals surface area contributed by atoms with E-state index in [1.54, 1.807) is 4.90 Å². The molecular formula is C20H23ClF2N4O2. The quantitative estimate of drug-likeness (QED) is 0.736. The Balaban J connectivity index is 1.55. The average molecular weight is 425 g/mol. The second-order valence-electron chi connectivity index (χ2n) is 7.24. The smallest absolute Gasteiger partial charge is 0.251 e. The summed E-state index contributed by atoms with van der Waals surface area (Å²) in [5, 5.41) is 6.38. The number of nitrogens with one attached hydrogen (secondary N) is 2. The molecule has 1 aromatic carbocycles. The molecule has 6 nitrogen and oxygen atoms in total. The van der Waals surface area contributed by atoms with Crippen molar-refractivity contribution in [3.63, 3.8) is 0 Å². The standard InChI is InChI=1S/C20H23ClF2N4O2/c1-12(28)10-24-19-9-15(16(21)11-25-19)20(29)27-6-4-14(5-7-27)26-18-3-2-13(22)8-17(18)23/h2-3,8,11,14,19,24,26H,4-7,9-10H2,1H3. The number of dihydropyridines is 1. The van der Waals surface area contributed by atoms with Gasteiger partial charge in [0.2, 0.25) is 0 Å². The number of carbonyl (C=O) groups is 2. The molecule has 1 atom stereocenters. The van der Waals surface area contributed by atoms with Crippen molar-refractivity contribution in [2.24, 2.45) is 4.99 Å². The molecular weight excluding hydrogens is 402 g/mol. The summed E-state index contributed by atoms with van der Waals surface area (Å²) in [5.74, 6) is -1.42. The number of likely N-dealkylation sites (tertiary alicyclic amines) is 1. The SMILES string of the molecule is CC(=O)CNC1CC(C(=O)N2CCC(Nc3ccc(F)cc3F)CC2)=C(Cl)C=N1. The number of nitrogens with zero attached hydrogens (tertiary/aromatic N) is 2. The van der Waals surface area contributed by atoms with E-state index in [0.717, 1.165) is 6.07 Å². The molecule has 0 spiro atoms. The highest BCUT2D eigenvalue weighted by Crippen LogP contribution is 2.25. The summed E-state index contributed by atoms with van der Waals surface area (Å²) in [7, 11) is 0. The molecule has 29 heavy (non-hydrogen) atoms. The van der Waals surface area contributed by atoms with Gasteiger partial charge in [-0.1, -0.05) is 11.6 Å². The Morgan fingerprint density at radius 2 is 2.00 bits per heavy atom. The lowest BCUT2D eigenvalue weighted by Crippen LogP contribution is -2.44. The number of piperidine rings is 1. The first-order valence-corrected chi connectivity index (χ1v) is 9.87. The van der Waals surface area contributed by atoms with Gasteiger partial charge in [-0.05, 0) is 31.9 Å². The average Bonchev–Trinajstić information content (AvgIpc) is 2.69. The maximum Gasteiger partial charge on any atom is 0.251 e. The molecule has 1 amide bonds. The van der Waals surface area contributed by atoms with Crippen LogP contribution in [-0.4, -0.2) is 54.6 Å². The van der Waals surface area contributed by atoms with Crippen LogP contribution >= 0.6 is 11.6 Å². The molecule has 0 aromatic heterocycles. The number of rotatable bonds is 6. The summed E-state index contributed by atoms with van der Waals surface area (Å²) in [6, 6.07) is 3.42. The number of hydrogen-bond acceptors (Lipinski definition) is 5. The third-order valence-corrected chi connectivity index (χ3v) is 5.30. The minimum Gasteiger partial charge on any atom is -0.380 e. The van der Waals surface area contributed by atoms with Gasteiger partial charge in [0.25, 0.3) is 5.91 Å². The van der Waals surface area contributed by atoms with Crippen LogP contribution in [0.3, 0.4) is 0 Å². The number of carbonyl (C=O) groups excluding carboxylic acids is 2. The molecule has 0 bridgehead atoms. The van der Waals surface area contributed by atoms with Crippen LogP contribution in [-0.2, 0) is 9.59 Å². The van der Waals surface area contributed by atoms with Crippen LogP contribution in [0.1, 0.15) is 26.2 Å². The fraction of sp³-hybridized carbons (Fsp3) is 0.450. The molecule has 1 aromatic rings. The number of amides is 1. The van der Waals surface area contributed by atoms with Gasteiger partial charge in [0.05, 0.1) is 17.3 Å². The fourth-order valence-corrected chi connectivity index (χ4v) is 3.61. The molecule has 156 valence electrons. The van der Waals surface area contributed by atoms with E-state index < -0.39 is 11.6 Å². The molecule has 1 saturated heterocycles. The molecule has 0 saturated carbocycles. The number of halogens is 3. The van der Waals surface area contributed by atoms with E-state index in [2.05, 4.69) is 15.6 Å². The van der Waals surface area contributed by atoms with Crippen LogP contribution in [0.15, 0.2) is 33.8 Å². The number of anilines is 1. The molecule has 3 rings (SSSR count). The normalized spacial score (nSPS) is 20.1. The predicted octanol–water partition coefficient (Wildman–Crippen LogP) is 2.84. The van der Waals surface area contributed by atoms with E-state index in [1.807, 2.05) is 0 Å². The van der Waals surface area contributed by atoms with Gasteiger partial charge in [0.15, 0.2) is 0 Å². The van der Waals surface area contributed by atoms with E-state index in [-0.39, 0.29) is 36.1 Å². The van der Waals surface area contributed by atoms with Crippen molar-refractivity contribution in [2.75, 3.05) is 25.0 Å². The first-order chi connectivity index (χ1) is 13.8. The van der Waals surface area contributed by atoms with E-state index in [4.69, 9.17) is 11.6 Å². The van der Waals surface area contributed by atoms with Crippen molar-refractivity contribution in [1.29, 1.82) is 0 Å². The van der Waals surface area contributed by atoms with Gasteiger partial charge in [-0.2, -0.15) is 0 Å². The largest absolute Gasteiger partial charge is 0.380 e. The Bertz CT molecular complexity index is 851. The molecule has 1 fully saturated rings. The number of ketones is 1. The third-order valence-electron chi connectivity index (χ3n) is 4.97. The maximum absolute atomic E-state index is 13.8. The Kier molecular flexibility index (Phi) is 6.97. The number of aliphatic imine (C=N–C) groups is 1. The highest BCUT2D eigenvalue weighted by molar-refractivity contribution is 6.41. The third kappa shape index (κ3) is 5.61. The zero-order valence-electron chi connectivity index (χ0n) is 16.1. The van der Waals surface area contributed by atoms with E-state index >= 15 is 0 Å². The summed E-state index contributed by atoms with van der Waals surface area (Å²) in [4.78, 5) is 30.0. The Morgan fingerprint density at radius 1 is 1.28 bits per heavy atom. The predicted molar refractivity (Wildman–Crippen MR) is 108 cm³/mol. The van der Waals surface area contributed by atoms with Crippen molar-refractivity contribution >= 4 is 35.2 Å². The van der Waals surface area contributed by atoms with Gasteiger partial charge in [0.1, 0.15) is 23.6 Å². The highest BCUT2D eigenvalue weighted by Gasteiger charge is 2.29. The van der Waals surface area contributed by atoms with Crippen molar-refractivity contribution in [2.45, 2.75) is 38.4 Å². The molecule has 0 radical (unpaired) electrons. The molecule has 2 aliphatic rings. The van der Waals surface area contributed by atoms with Crippen LogP contribution in [0.4, 0.5) is 14.5 Å². The highest BCUT2D eigenvalue weighted by atomic mass is 35.5. The van der Waals surface area contributed by atoms with Crippen molar-refractivity contribution < 1.29 is 18.4 Å². The Labute approximate surface area is 173 Å². The summed E-state index contributed by atoms with van der Waals surface area (Å²) in [6.45, 7) is 2.65. The number of allylic oxidation sites excluding steroid dienone is 1. The lowest BCUT2D eigenvalue weighted by atomic mass is 10.0. The van der Waals surface area contributed by atoms with Crippen LogP contribution in [0.25, 0.3) is 0 Å². The topological polar surface area (TPSA) is 73.8 Å². The van der Waals surface area contributed by atoms with E-state index in [1.165, 1.54) is 25.3 Å². The van der Waals surface area contributed by atoms with Crippen LogP contribution in [0.5, 0.6) is 0 Å². The number of hydrogen-bond donors (Lipinski definition) is 2. The minimum atomic E-state index is -0.633. The van der Waals surface area contributed by atoms with Crippen molar-refractivity contribution in [1.82, 2.24) is 10.2 Å². The number of benzene rings is 1. The van der Waals surface area contributed by atoms with Gasteiger partial charge < -0.3 is 10.2 Å². The first kappa shape index (κ1) is 21.4. The van der Waals surface area contributed by atoms with E-state index in [0.29, 0.717) is 43.0 Å². The Hall–Kier alpha value is -2.32. The van der Waals surface area contributed by atoms with Crippen molar-refractivity contribution in [3.05, 3.63) is 40.4 Å². The van der Waals surface area contributed by atoms with Gasteiger partial charge in [-0.15, -0.1) is 0 Å². The van der Waals surface area contributed by atoms with Gasteiger partial charge in [0, 0.05) is 43.4 Å². The summed E-state index contributed by atoms with van der Waals surface area (Å²) in [5.41, 5.74) is 0.725. The van der Waals surface area contributed by atoms with Crippen LogP contribution in [0.2, 0.25) is 0 Å². The lowest BCUT2D eigenvalue weighted by Gasteiger charge is -2.34. The first-order valence-electron chi connectivity index (χ1n) is 9.49. The minimum absolute atomic E-state index is 0.0126. The van der Waals surface area contributed by atoms with E-state index in [9.17, 15) is 18.4 Å². The van der Waals surface area contributed by atoms with Gasteiger partial charge >= 0.3 is 0 Å². The second kappa shape index (κ2) is 9.45. The molecule has 2 N–H and O–H groups in total. The second-order valence-corrected chi connectivity index (χ2v) is 7.65. The number of Topliss-reactive ketones (excluding diaryl/α,β-unsaturated/α-hetero) is 1. The maximum atomic E-state index is 13.8. The lowest BCUT2D eigenvalue weighted by molar-refractivity contribution is -0.128. The molecule has 1 unspecified atom stereocenters. The molecule has 9 heteroatoms. The van der Waals surface area contributed by atoms with Gasteiger partial charge in [-0.25, -0.2) is 8.78 Å². The zero-order chi connectivity index (χ0) is 21.0. The Morgan fingerprint density at radius 3 is 2.66 bits per heavy atom. The molecule has 0 aliphatic carbocycles. The van der Waals surface area contributed by atoms with Crippen LogP contribution in [0, 0.1) is 11.6 Å². The summed E-state index contributed by atoms with van der Waals surface area (Å²) < 4.78 is 26.9. The summed E-state index contributed by atoms with van der Waals surface area (Å²) >= 11 is 6.19. The summed E-state index contributed by atoms with van der Waals surface area (Å²) in [6.07, 6.45) is 2.67. The zero-order valence-corrected chi connectivity index (χ0v) is 16.8. The van der Waals surface area contributed by atoms with Crippen LogP contribution < -0.4 is 10.6 Å². The van der Waals surface area contributed by atoms with Crippen molar-refractivity contribution in [3.8, 4) is 0 Å². The molecule has 2 aliphatic heterocycles.